The maximum atomic E-state index is 9.67. The highest BCUT2D eigenvalue weighted by molar-refractivity contribution is 7.62. The lowest BCUT2D eigenvalue weighted by Crippen LogP contribution is -2.34. The van der Waals surface area contributed by atoms with E-state index in [0.717, 1.165) is 0 Å². The number of rotatable bonds is 0. The van der Waals surface area contributed by atoms with E-state index in [1.54, 1.807) is 0 Å². The third-order valence-corrected chi connectivity index (χ3v) is 6.04. The fraction of sp³-hybridized carbons (Fsp3) is 1.00. The van der Waals surface area contributed by atoms with Gasteiger partial charge in [-0.05, 0) is 15.5 Å². The SMILES string of the molecule is CC(C)(C)P(C(C)(C)C)C(C)(C)C.FB(F)F. The molecule has 0 atom stereocenters. The van der Waals surface area contributed by atoms with Gasteiger partial charge < -0.3 is 0 Å². The van der Waals surface area contributed by atoms with E-state index in [9.17, 15) is 12.9 Å². The largest absolute Gasteiger partial charge is 0.762 e. The van der Waals surface area contributed by atoms with Gasteiger partial charge in [0.25, 0.3) is 0 Å². The quantitative estimate of drug-likeness (QED) is 0.388. The Labute approximate surface area is 107 Å². The Morgan fingerprint density at radius 3 is 0.706 bits per heavy atom. The summed E-state index contributed by atoms with van der Waals surface area (Å²) in [6, 6.07) is 0. The first-order valence-electron chi connectivity index (χ1n) is 5.83. The van der Waals surface area contributed by atoms with Gasteiger partial charge in [-0.15, -0.1) is 0 Å². The smallest absolute Gasteiger partial charge is 0.254 e. The van der Waals surface area contributed by atoms with Crippen LogP contribution in [0.3, 0.4) is 0 Å². The summed E-state index contributed by atoms with van der Waals surface area (Å²) in [6.45, 7) is 21.5. The summed E-state index contributed by atoms with van der Waals surface area (Å²) in [6.07, 6.45) is 0. The van der Waals surface area contributed by atoms with Gasteiger partial charge >= 0.3 is 7.54 Å². The van der Waals surface area contributed by atoms with Gasteiger partial charge in [-0.3, -0.25) is 12.9 Å². The molecule has 0 fully saturated rings. The fourth-order valence-corrected chi connectivity index (χ4v) is 9.06. The van der Waals surface area contributed by atoms with E-state index in [0.29, 0.717) is 15.5 Å². The number of halogens is 3. The van der Waals surface area contributed by atoms with Crippen LogP contribution in [-0.4, -0.2) is 23.0 Å². The van der Waals surface area contributed by atoms with Crippen LogP contribution in [0.25, 0.3) is 0 Å². The third kappa shape index (κ3) is 9.94. The Balaban J connectivity index is 0. The molecule has 0 aliphatic carbocycles. The molecule has 0 saturated heterocycles. The van der Waals surface area contributed by atoms with E-state index in [-0.39, 0.29) is 7.92 Å². The standard InChI is InChI=1S/C12H27P.BF3/c1-10(2,3)13(11(4,5)6)12(7,8)9;2-1(3)4/h1-9H3;. The van der Waals surface area contributed by atoms with Gasteiger partial charge in [0.15, 0.2) is 0 Å². The minimum atomic E-state index is -3.67. The highest BCUT2D eigenvalue weighted by atomic mass is 31.1. The van der Waals surface area contributed by atoms with Gasteiger partial charge in [-0.25, -0.2) is 0 Å². The van der Waals surface area contributed by atoms with Crippen molar-refractivity contribution in [3.63, 3.8) is 0 Å². The molecule has 0 saturated carbocycles. The zero-order chi connectivity index (χ0) is 14.7. The second-order valence-electron chi connectivity index (χ2n) is 7.10. The molecule has 0 aromatic carbocycles. The highest BCUT2D eigenvalue weighted by Gasteiger charge is 2.41. The molecule has 17 heavy (non-hydrogen) atoms. The number of hydrogen-bond acceptors (Lipinski definition) is 0. The molecule has 0 aliphatic heterocycles. The first-order valence-corrected chi connectivity index (χ1v) is 7.17. The topological polar surface area (TPSA) is 0 Å². The Morgan fingerprint density at radius 2 is 0.706 bits per heavy atom. The Bertz CT molecular complexity index is 175. The van der Waals surface area contributed by atoms with Gasteiger partial charge in [0.1, 0.15) is 0 Å². The van der Waals surface area contributed by atoms with Crippen molar-refractivity contribution >= 4 is 15.5 Å². The van der Waals surface area contributed by atoms with Gasteiger partial charge in [0.05, 0.1) is 0 Å². The number of hydrogen-bond donors (Lipinski definition) is 0. The molecule has 0 N–H and O–H groups in total. The molecule has 104 valence electrons. The second kappa shape index (κ2) is 6.45. The molecule has 5 heteroatoms. The van der Waals surface area contributed by atoms with Crippen LogP contribution in [0.5, 0.6) is 0 Å². The summed E-state index contributed by atoms with van der Waals surface area (Å²) in [5, 5.41) is 1.35. The summed E-state index contributed by atoms with van der Waals surface area (Å²) < 4.78 is 29.0. The first kappa shape index (κ1) is 19.6. The van der Waals surface area contributed by atoms with Crippen molar-refractivity contribution in [2.24, 2.45) is 0 Å². The van der Waals surface area contributed by atoms with Crippen LogP contribution in [0.2, 0.25) is 0 Å². The Hall–Kier alpha value is 0.285. The van der Waals surface area contributed by atoms with Crippen molar-refractivity contribution < 1.29 is 12.9 Å². The third-order valence-electron chi connectivity index (χ3n) is 2.01. The summed E-state index contributed by atoms with van der Waals surface area (Å²) in [5.74, 6) is 0. The van der Waals surface area contributed by atoms with Crippen LogP contribution >= 0.6 is 7.92 Å². The van der Waals surface area contributed by atoms with E-state index in [1.165, 1.54) is 0 Å². The van der Waals surface area contributed by atoms with Gasteiger partial charge in [-0.2, -0.15) is 0 Å². The van der Waals surface area contributed by atoms with Crippen molar-refractivity contribution in [2.45, 2.75) is 77.8 Å². The maximum absolute atomic E-state index is 9.67. The van der Waals surface area contributed by atoms with Crippen molar-refractivity contribution in [2.75, 3.05) is 0 Å². The summed E-state index contributed by atoms with van der Waals surface area (Å²) >= 11 is 0. The molecule has 0 aromatic rings. The van der Waals surface area contributed by atoms with Crippen molar-refractivity contribution in [3.8, 4) is 0 Å². The lowest BCUT2D eigenvalue weighted by atomic mass is 10.2. The van der Waals surface area contributed by atoms with Crippen LogP contribution in [0.4, 0.5) is 12.9 Å². The lowest BCUT2D eigenvalue weighted by Gasteiger charge is -2.49. The average Bonchev–Trinajstić information content (AvgIpc) is 1.69. The van der Waals surface area contributed by atoms with Crippen molar-refractivity contribution in [1.29, 1.82) is 0 Å². The van der Waals surface area contributed by atoms with Crippen molar-refractivity contribution in [3.05, 3.63) is 0 Å². The van der Waals surface area contributed by atoms with Crippen LogP contribution < -0.4 is 0 Å². The van der Waals surface area contributed by atoms with E-state index in [1.807, 2.05) is 0 Å². The summed E-state index contributed by atoms with van der Waals surface area (Å²) in [7, 11) is -3.65. The predicted molar refractivity (Wildman–Crippen MR) is 75.3 cm³/mol. The summed E-state index contributed by atoms with van der Waals surface area (Å²) in [4.78, 5) is 0. The Kier molecular flexibility index (Phi) is 7.45. The molecule has 0 radical (unpaired) electrons. The average molecular weight is 270 g/mol. The molecule has 0 nitrogen and oxygen atoms in total. The molecule has 0 unspecified atom stereocenters. The highest BCUT2D eigenvalue weighted by Crippen LogP contribution is 2.66. The second-order valence-corrected chi connectivity index (χ2v) is 11.8. The van der Waals surface area contributed by atoms with Crippen LogP contribution in [0.15, 0.2) is 0 Å². The predicted octanol–water partition coefficient (Wildman–Crippen LogP) is 5.74. The van der Waals surface area contributed by atoms with Gasteiger partial charge in [0, 0.05) is 0 Å². The van der Waals surface area contributed by atoms with E-state index >= 15 is 0 Å². The zero-order valence-corrected chi connectivity index (χ0v) is 13.6. The monoisotopic (exact) mass is 270 g/mol. The van der Waals surface area contributed by atoms with Crippen molar-refractivity contribution in [1.82, 2.24) is 0 Å². The molecule has 0 aliphatic rings. The molecule has 0 bridgehead atoms. The van der Waals surface area contributed by atoms with Crippen LogP contribution in [0.1, 0.15) is 62.3 Å². The summed E-state index contributed by atoms with van der Waals surface area (Å²) in [5.41, 5.74) is 0. The van der Waals surface area contributed by atoms with E-state index < -0.39 is 7.54 Å². The zero-order valence-electron chi connectivity index (χ0n) is 12.7. The first-order chi connectivity index (χ1) is 7.10. The van der Waals surface area contributed by atoms with Crippen LogP contribution in [-0.2, 0) is 0 Å². The van der Waals surface area contributed by atoms with Gasteiger partial charge in [0.2, 0.25) is 0 Å². The lowest BCUT2D eigenvalue weighted by molar-refractivity contribution is 0.535. The van der Waals surface area contributed by atoms with Crippen LogP contribution in [0, 0.1) is 0 Å². The minimum absolute atomic E-state index is 0.0162. The molecular formula is C12H27BF3P. The van der Waals surface area contributed by atoms with E-state index in [4.69, 9.17) is 0 Å². The minimum Gasteiger partial charge on any atom is -0.254 e. The molecule has 0 rings (SSSR count). The maximum Gasteiger partial charge on any atom is 0.762 e. The Morgan fingerprint density at radius 1 is 0.588 bits per heavy atom. The molecule has 0 amide bonds. The molecule has 0 heterocycles. The normalized spacial score (nSPS) is 13.2. The molecule has 0 spiro atoms. The molecular weight excluding hydrogens is 243 g/mol. The fourth-order valence-electron chi connectivity index (χ4n) is 3.02. The van der Waals surface area contributed by atoms with E-state index in [2.05, 4.69) is 62.3 Å². The molecule has 0 aromatic heterocycles. The van der Waals surface area contributed by atoms with Gasteiger partial charge in [-0.1, -0.05) is 70.2 Å².